The fraction of sp³-hybridized carbons (Fsp3) is 0.222. The van der Waals surface area contributed by atoms with Gasteiger partial charge in [-0.15, -0.1) is 0 Å². The largest absolute Gasteiger partial charge is 0.270 e. The van der Waals surface area contributed by atoms with Gasteiger partial charge in [-0.2, -0.15) is 0 Å². The number of hydrogen-bond donors (Lipinski definition) is 0. The first-order valence-electron chi connectivity index (χ1n) is 11.4. The minimum absolute atomic E-state index is 0.0750. The first kappa shape index (κ1) is 21.7. The first-order chi connectivity index (χ1) is 16.5. The van der Waals surface area contributed by atoms with Crippen molar-refractivity contribution >= 4 is 34.7 Å². The van der Waals surface area contributed by atoms with Gasteiger partial charge in [0.15, 0.2) is 0 Å². The van der Waals surface area contributed by atoms with Crippen LogP contribution < -0.4 is 0 Å². The number of allylic oxidation sites excluding steroid dienone is 2. The van der Waals surface area contributed by atoms with Crippen molar-refractivity contribution in [1.82, 2.24) is 4.98 Å². The van der Waals surface area contributed by atoms with Crippen LogP contribution in [-0.4, -0.2) is 14.8 Å². The number of fused-ring (bicyclic) bond motifs is 2. The lowest BCUT2D eigenvalue weighted by atomic mass is 9.84. The number of rotatable bonds is 4. The standard InChI is InChI=1S/C27H23N3O4/c31-29(32)24-11-1-5-18(15-24)13-20-7-3-9-22-17-23-10-4-8-21(27(23)28-26(20)22)14-19-6-2-12-25(16-19)30(33)34/h1-2,5-6,11-17H,3-4,7-10H2/b20-13-,21-14+. The highest BCUT2D eigenvalue weighted by atomic mass is 16.6. The summed E-state index contributed by atoms with van der Waals surface area (Å²) in [4.78, 5) is 26.7. The summed E-state index contributed by atoms with van der Waals surface area (Å²) in [5.41, 5.74) is 8.28. The summed E-state index contributed by atoms with van der Waals surface area (Å²) in [6.45, 7) is 0. The van der Waals surface area contributed by atoms with E-state index in [9.17, 15) is 20.2 Å². The molecule has 1 heterocycles. The second-order valence-electron chi connectivity index (χ2n) is 8.75. The van der Waals surface area contributed by atoms with Gasteiger partial charge < -0.3 is 0 Å². The van der Waals surface area contributed by atoms with Gasteiger partial charge in [-0.3, -0.25) is 20.2 Å². The van der Waals surface area contributed by atoms with Gasteiger partial charge in [-0.1, -0.05) is 30.3 Å². The third-order valence-corrected chi connectivity index (χ3v) is 6.42. The van der Waals surface area contributed by atoms with Crippen molar-refractivity contribution < 1.29 is 9.85 Å². The van der Waals surface area contributed by atoms with E-state index in [1.54, 1.807) is 24.3 Å². The van der Waals surface area contributed by atoms with Crippen LogP contribution in [-0.2, 0) is 12.8 Å². The van der Waals surface area contributed by atoms with E-state index < -0.39 is 0 Å². The molecule has 3 aromatic rings. The number of pyridine rings is 1. The third kappa shape index (κ3) is 4.37. The average Bonchev–Trinajstić information content (AvgIpc) is 2.84. The van der Waals surface area contributed by atoms with Crippen LogP contribution in [0.1, 0.15) is 59.3 Å². The smallest absolute Gasteiger partial charge is 0.258 e. The zero-order valence-corrected chi connectivity index (χ0v) is 18.6. The van der Waals surface area contributed by atoms with Gasteiger partial charge >= 0.3 is 0 Å². The van der Waals surface area contributed by atoms with Gasteiger partial charge in [0.2, 0.25) is 0 Å². The van der Waals surface area contributed by atoms with Crippen molar-refractivity contribution in [1.29, 1.82) is 0 Å². The van der Waals surface area contributed by atoms with Crippen LogP contribution >= 0.6 is 0 Å². The molecule has 7 heteroatoms. The van der Waals surface area contributed by atoms with Crippen molar-refractivity contribution in [3.63, 3.8) is 0 Å². The molecule has 0 spiro atoms. The summed E-state index contributed by atoms with van der Waals surface area (Å²) in [5.74, 6) is 0. The molecular weight excluding hydrogens is 430 g/mol. The summed E-state index contributed by atoms with van der Waals surface area (Å²) in [7, 11) is 0. The fourth-order valence-corrected chi connectivity index (χ4v) is 4.85. The molecule has 0 unspecified atom stereocenters. The number of benzene rings is 2. The molecule has 0 amide bonds. The van der Waals surface area contributed by atoms with Crippen molar-refractivity contribution in [2.24, 2.45) is 0 Å². The molecule has 2 aromatic carbocycles. The molecule has 0 radical (unpaired) electrons. The lowest BCUT2D eigenvalue weighted by molar-refractivity contribution is -0.385. The van der Waals surface area contributed by atoms with Crippen LogP contribution in [0.5, 0.6) is 0 Å². The lowest BCUT2D eigenvalue weighted by Crippen LogP contribution is -2.12. The molecule has 0 saturated carbocycles. The summed E-state index contributed by atoms with van der Waals surface area (Å²) >= 11 is 0. The van der Waals surface area contributed by atoms with E-state index in [0.717, 1.165) is 72.2 Å². The highest BCUT2D eigenvalue weighted by Crippen LogP contribution is 2.38. The topological polar surface area (TPSA) is 99.2 Å². The minimum atomic E-state index is -0.379. The fourth-order valence-electron chi connectivity index (χ4n) is 4.85. The predicted octanol–water partition coefficient (Wildman–Crippen LogP) is 6.65. The Morgan fingerprint density at radius 2 is 1.15 bits per heavy atom. The Morgan fingerprint density at radius 1 is 0.676 bits per heavy atom. The number of nitro benzene ring substituents is 2. The molecule has 0 fully saturated rings. The van der Waals surface area contributed by atoms with E-state index >= 15 is 0 Å². The molecule has 2 aliphatic rings. The van der Waals surface area contributed by atoms with E-state index in [4.69, 9.17) is 4.98 Å². The molecule has 7 nitrogen and oxygen atoms in total. The van der Waals surface area contributed by atoms with Gasteiger partial charge in [-0.25, -0.2) is 4.98 Å². The highest BCUT2D eigenvalue weighted by Gasteiger charge is 2.23. The quantitative estimate of drug-likeness (QED) is 0.325. The average molecular weight is 453 g/mol. The highest BCUT2D eigenvalue weighted by molar-refractivity contribution is 5.86. The van der Waals surface area contributed by atoms with Gasteiger partial charge in [-0.05, 0) is 84.1 Å². The minimum Gasteiger partial charge on any atom is -0.258 e. The van der Waals surface area contributed by atoms with Crippen molar-refractivity contribution in [2.75, 3.05) is 0 Å². The maximum Gasteiger partial charge on any atom is 0.270 e. The Kier molecular flexibility index (Phi) is 5.76. The maximum absolute atomic E-state index is 11.2. The van der Waals surface area contributed by atoms with Crippen molar-refractivity contribution in [3.05, 3.63) is 108 Å². The Labute approximate surface area is 196 Å². The molecule has 0 saturated heterocycles. The zero-order valence-electron chi connectivity index (χ0n) is 18.6. The Morgan fingerprint density at radius 3 is 1.59 bits per heavy atom. The van der Waals surface area contributed by atoms with E-state index in [1.807, 2.05) is 24.3 Å². The van der Waals surface area contributed by atoms with E-state index in [-0.39, 0.29) is 21.2 Å². The van der Waals surface area contributed by atoms with Crippen LogP contribution in [0.2, 0.25) is 0 Å². The summed E-state index contributed by atoms with van der Waals surface area (Å²) in [5, 5.41) is 22.4. The maximum atomic E-state index is 11.2. The molecule has 34 heavy (non-hydrogen) atoms. The van der Waals surface area contributed by atoms with Crippen LogP contribution in [0, 0.1) is 20.2 Å². The van der Waals surface area contributed by atoms with E-state index in [2.05, 4.69) is 6.07 Å². The molecule has 2 aliphatic carbocycles. The second kappa shape index (κ2) is 9.02. The summed E-state index contributed by atoms with van der Waals surface area (Å²) in [6.07, 6.45) is 9.72. The molecule has 5 rings (SSSR count). The molecule has 0 atom stereocenters. The van der Waals surface area contributed by atoms with E-state index in [0.29, 0.717) is 0 Å². The predicted molar refractivity (Wildman–Crippen MR) is 132 cm³/mol. The number of non-ortho nitro benzene ring substituents is 2. The van der Waals surface area contributed by atoms with Gasteiger partial charge in [0.1, 0.15) is 0 Å². The van der Waals surface area contributed by atoms with Crippen LogP contribution in [0.25, 0.3) is 23.3 Å². The number of nitrogens with zero attached hydrogens (tertiary/aromatic N) is 3. The van der Waals surface area contributed by atoms with Gasteiger partial charge in [0.25, 0.3) is 11.4 Å². The lowest BCUT2D eigenvalue weighted by Gasteiger charge is -2.25. The van der Waals surface area contributed by atoms with Crippen molar-refractivity contribution in [3.8, 4) is 0 Å². The van der Waals surface area contributed by atoms with E-state index in [1.165, 1.54) is 23.3 Å². The third-order valence-electron chi connectivity index (χ3n) is 6.42. The van der Waals surface area contributed by atoms with Crippen LogP contribution in [0.3, 0.4) is 0 Å². The molecule has 1 aromatic heterocycles. The SMILES string of the molecule is O=[N+]([O-])c1cccc(/C=C2/CCCc3cc4c(nc32)/C(=C/c2cccc([N+](=O)[O-])c2)CCC4)c1. The first-order valence-corrected chi connectivity index (χ1v) is 11.4. The summed E-state index contributed by atoms with van der Waals surface area (Å²) in [6, 6.07) is 15.6. The molecule has 0 aliphatic heterocycles. The van der Waals surface area contributed by atoms with Crippen LogP contribution in [0.15, 0.2) is 54.6 Å². The number of hydrogen-bond acceptors (Lipinski definition) is 5. The second-order valence-corrected chi connectivity index (χ2v) is 8.75. The number of nitro groups is 2. The Bertz CT molecular complexity index is 1270. The normalized spacial score (nSPS) is 17.3. The zero-order chi connectivity index (χ0) is 23.7. The Hall–Kier alpha value is -4.13. The molecule has 0 bridgehead atoms. The summed E-state index contributed by atoms with van der Waals surface area (Å²) < 4.78 is 0. The molecule has 170 valence electrons. The van der Waals surface area contributed by atoms with Gasteiger partial charge in [0, 0.05) is 24.3 Å². The number of aromatic nitrogens is 1. The number of aryl methyl sites for hydroxylation is 2. The van der Waals surface area contributed by atoms with Crippen LogP contribution in [0.4, 0.5) is 11.4 Å². The molecule has 0 N–H and O–H groups in total. The monoisotopic (exact) mass is 453 g/mol. The Balaban J connectivity index is 1.57. The van der Waals surface area contributed by atoms with Gasteiger partial charge in [0.05, 0.1) is 21.2 Å². The molecular formula is C27H23N3O4. The van der Waals surface area contributed by atoms with Crippen molar-refractivity contribution in [2.45, 2.75) is 38.5 Å².